The van der Waals surface area contributed by atoms with Crippen LogP contribution in [0.2, 0.25) is 0 Å². The van der Waals surface area contributed by atoms with Crippen molar-refractivity contribution >= 4 is 16.8 Å². The molecule has 0 saturated heterocycles. The van der Waals surface area contributed by atoms with Gasteiger partial charge in [-0.25, -0.2) is 9.97 Å². The van der Waals surface area contributed by atoms with Crippen molar-refractivity contribution < 1.29 is 14.6 Å². The first-order valence-corrected chi connectivity index (χ1v) is 8.98. The van der Waals surface area contributed by atoms with Crippen molar-refractivity contribution in [2.24, 2.45) is 5.92 Å². The molecule has 3 aromatic rings. The van der Waals surface area contributed by atoms with E-state index in [1.807, 2.05) is 36.4 Å². The molecule has 1 fully saturated rings. The molecule has 4 rings (SSSR count). The van der Waals surface area contributed by atoms with Gasteiger partial charge in [-0.1, -0.05) is 30.3 Å². The van der Waals surface area contributed by atoms with Gasteiger partial charge >= 0.3 is 0 Å². The van der Waals surface area contributed by atoms with E-state index in [4.69, 9.17) is 4.74 Å². The lowest BCUT2D eigenvalue weighted by Crippen LogP contribution is -2.41. The lowest BCUT2D eigenvalue weighted by atomic mass is 9.75. The fourth-order valence-electron chi connectivity index (χ4n) is 3.48. The third-order valence-electron chi connectivity index (χ3n) is 5.07. The summed E-state index contributed by atoms with van der Waals surface area (Å²) in [5.41, 5.74) is 2.05. The van der Waals surface area contributed by atoms with Gasteiger partial charge in [-0.15, -0.1) is 0 Å². The number of benzene rings is 1. The zero-order valence-corrected chi connectivity index (χ0v) is 15.0. The molecule has 2 heterocycles. The predicted octanol–water partition coefficient (Wildman–Crippen LogP) is 2.88. The van der Waals surface area contributed by atoms with Crippen LogP contribution < -0.4 is 10.1 Å². The summed E-state index contributed by atoms with van der Waals surface area (Å²) < 4.78 is 5.11. The summed E-state index contributed by atoms with van der Waals surface area (Å²) in [6, 6.07) is 14.8. The highest BCUT2D eigenvalue weighted by Crippen LogP contribution is 2.38. The molecule has 1 aliphatic rings. The van der Waals surface area contributed by atoms with Crippen molar-refractivity contribution in [2.75, 3.05) is 7.11 Å². The van der Waals surface area contributed by atoms with Crippen molar-refractivity contribution in [3.05, 3.63) is 66.0 Å². The summed E-state index contributed by atoms with van der Waals surface area (Å²) in [7, 11) is 1.56. The summed E-state index contributed by atoms with van der Waals surface area (Å²) in [5, 5.41) is 13.8. The first-order valence-electron chi connectivity index (χ1n) is 8.98. The number of hydrogen-bond acceptors (Lipinski definition) is 5. The number of carbonyl (C=O) groups excluding carboxylic acids is 1. The van der Waals surface area contributed by atoms with Crippen LogP contribution >= 0.6 is 0 Å². The fourth-order valence-corrected chi connectivity index (χ4v) is 3.48. The number of aliphatic hydroxyl groups is 1. The zero-order valence-electron chi connectivity index (χ0n) is 15.0. The van der Waals surface area contributed by atoms with Crippen LogP contribution in [0.4, 0.5) is 0 Å². The van der Waals surface area contributed by atoms with Gasteiger partial charge in [0.25, 0.3) is 5.91 Å². The molecule has 138 valence electrons. The van der Waals surface area contributed by atoms with E-state index in [1.165, 1.54) is 0 Å². The normalized spacial score (nSPS) is 19.9. The summed E-state index contributed by atoms with van der Waals surface area (Å²) in [4.78, 5) is 21.6. The molecule has 6 heteroatoms. The molecule has 1 aliphatic carbocycles. The molecule has 0 spiro atoms. The van der Waals surface area contributed by atoms with Gasteiger partial charge in [0.1, 0.15) is 5.69 Å². The molecular weight excluding hydrogens is 342 g/mol. The minimum absolute atomic E-state index is 0.166. The summed E-state index contributed by atoms with van der Waals surface area (Å²) in [6.45, 7) is 0. The number of rotatable bonds is 5. The highest BCUT2D eigenvalue weighted by Gasteiger charge is 2.36. The van der Waals surface area contributed by atoms with Crippen LogP contribution in [-0.4, -0.2) is 34.2 Å². The number of nitrogens with one attached hydrogen (secondary N) is 1. The summed E-state index contributed by atoms with van der Waals surface area (Å²) in [5.74, 6) is 0.455. The topological polar surface area (TPSA) is 84.3 Å². The molecule has 6 nitrogen and oxygen atoms in total. The van der Waals surface area contributed by atoms with Crippen LogP contribution in [0.15, 0.2) is 54.7 Å². The maximum atomic E-state index is 12.8. The Hall–Kier alpha value is -2.99. The quantitative estimate of drug-likeness (QED) is 0.728. The maximum Gasteiger partial charge on any atom is 0.270 e. The van der Waals surface area contributed by atoms with Gasteiger partial charge in [0, 0.05) is 17.6 Å². The van der Waals surface area contributed by atoms with Gasteiger partial charge in [-0.05, 0) is 36.5 Å². The number of fused-ring (bicyclic) bond motifs is 1. The van der Waals surface area contributed by atoms with Crippen molar-refractivity contribution in [3.8, 4) is 5.88 Å². The number of aromatic nitrogens is 2. The van der Waals surface area contributed by atoms with Crippen LogP contribution in [0, 0.1) is 5.92 Å². The monoisotopic (exact) mass is 363 g/mol. The van der Waals surface area contributed by atoms with Gasteiger partial charge in [0.2, 0.25) is 5.88 Å². The van der Waals surface area contributed by atoms with E-state index in [0.29, 0.717) is 24.4 Å². The second-order valence-corrected chi connectivity index (χ2v) is 6.86. The van der Waals surface area contributed by atoms with Gasteiger partial charge < -0.3 is 15.2 Å². The molecule has 0 bridgehead atoms. The van der Waals surface area contributed by atoms with E-state index >= 15 is 0 Å². The van der Waals surface area contributed by atoms with Crippen molar-refractivity contribution in [3.63, 3.8) is 0 Å². The Morgan fingerprint density at radius 1 is 1.19 bits per heavy atom. The van der Waals surface area contributed by atoms with E-state index in [1.54, 1.807) is 25.4 Å². The van der Waals surface area contributed by atoms with Crippen molar-refractivity contribution in [1.29, 1.82) is 0 Å². The standard InChI is InChI=1S/C21H21N3O3/c1-27-19-9-7-14(12-22-19)20(15-10-16(25)11-15)24-21(26)18-8-6-13-4-2-3-5-17(13)23-18/h2-9,12,15-16,20,25H,10-11H2,1H3,(H,24,26)/t15?,16?,20-/m0/s1. The number of carbonyl (C=O) groups is 1. The molecule has 27 heavy (non-hydrogen) atoms. The number of aliphatic hydroxyl groups excluding tert-OH is 1. The van der Waals surface area contributed by atoms with Crippen LogP contribution in [0.25, 0.3) is 10.9 Å². The van der Waals surface area contributed by atoms with Crippen LogP contribution in [0.3, 0.4) is 0 Å². The fraction of sp³-hybridized carbons (Fsp3) is 0.286. The van der Waals surface area contributed by atoms with E-state index in [2.05, 4.69) is 15.3 Å². The molecule has 1 amide bonds. The number of hydrogen-bond donors (Lipinski definition) is 2. The maximum absolute atomic E-state index is 12.8. The molecule has 1 atom stereocenters. The van der Waals surface area contributed by atoms with E-state index in [0.717, 1.165) is 16.5 Å². The molecule has 1 saturated carbocycles. The Balaban J connectivity index is 1.58. The number of ether oxygens (including phenoxy) is 1. The SMILES string of the molecule is COc1ccc([C@H](NC(=O)c2ccc3ccccc3n2)C2CC(O)C2)cn1. The largest absolute Gasteiger partial charge is 0.481 e. The second-order valence-electron chi connectivity index (χ2n) is 6.86. The molecule has 2 aromatic heterocycles. The van der Waals surface area contributed by atoms with Crippen LogP contribution in [0.1, 0.15) is 34.9 Å². The van der Waals surface area contributed by atoms with Crippen LogP contribution in [0.5, 0.6) is 5.88 Å². The summed E-state index contributed by atoms with van der Waals surface area (Å²) >= 11 is 0. The molecule has 0 radical (unpaired) electrons. The Morgan fingerprint density at radius 3 is 2.70 bits per heavy atom. The third-order valence-corrected chi connectivity index (χ3v) is 5.07. The number of methoxy groups -OCH3 is 1. The molecule has 2 N–H and O–H groups in total. The minimum atomic E-state index is -0.306. The Kier molecular flexibility index (Phi) is 4.73. The molecule has 0 unspecified atom stereocenters. The zero-order chi connectivity index (χ0) is 18.8. The van der Waals surface area contributed by atoms with E-state index in [9.17, 15) is 9.90 Å². The van der Waals surface area contributed by atoms with E-state index in [-0.39, 0.29) is 24.0 Å². The smallest absolute Gasteiger partial charge is 0.270 e. The van der Waals surface area contributed by atoms with Gasteiger partial charge in [0.15, 0.2) is 0 Å². The number of nitrogens with zero attached hydrogens (tertiary/aromatic N) is 2. The summed E-state index contributed by atoms with van der Waals surface area (Å²) in [6.07, 6.45) is 2.71. The lowest BCUT2D eigenvalue weighted by molar-refractivity contribution is 0.0234. The average Bonchev–Trinajstić information content (AvgIpc) is 2.69. The molecule has 0 aliphatic heterocycles. The lowest BCUT2D eigenvalue weighted by Gasteiger charge is -2.38. The molecule has 1 aromatic carbocycles. The predicted molar refractivity (Wildman–Crippen MR) is 101 cm³/mol. The van der Waals surface area contributed by atoms with Crippen molar-refractivity contribution in [1.82, 2.24) is 15.3 Å². The number of amides is 1. The number of pyridine rings is 2. The second kappa shape index (κ2) is 7.32. The van der Waals surface area contributed by atoms with Gasteiger partial charge in [-0.3, -0.25) is 4.79 Å². The average molecular weight is 363 g/mol. The number of para-hydroxylation sites is 1. The highest BCUT2D eigenvalue weighted by atomic mass is 16.5. The highest BCUT2D eigenvalue weighted by molar-refractivity contribution is 5.95. The molecular formula is C21H21N3O3. The Labute approximate surface area is 157 Å². The first-order chi connectivity index (χ1) is 13.1. The Bertz CT molecular complexity index is 952. The van der Waals surface area contributed by atoms with Crippen molar-refractivity contribution in [2.45, 2.75) is 25.0 Å². The van der Waals surface area contributed by atoms with Gasteiger partial charge in [-0.2, -0.15) is 0 Å². The van der Waals surface area contributed by atoms with Gasteiger partial charge in [0.05, 0.1) is 24.8 Å². The third kappa shape index (κ3) is 3.61. The van der Waals surface area contributed by atoms with Crippen LogP contribution in [-0.2, 0) is 0 Å². The first kappa shape index (κ1) is 17.4. The minimum Gasteiger partial charge on any atom is -0.481 e. The Morgan fingerprint density at radius 2 is 2.00 bits per heavy atom. The van der Waals surface area contributed by atoms with E-state index < -0.39 is 0 Å².